The molecule has 0 radical (unpaired) electrons. The molecule has 0 aromatic carbocycles. The lowest BCUT2D eigenvalue weighted by atomic mass is 10.1. The number of likely N-dealkylation sites (tertiary alicyclic amines) is 1. The Hall–Kier alpha value is -1.95. The molecule has 3 rings (SSSR count). The average Bonchev–Trinajstić information content (AvgIpc) is 3.01. The van der Waals surface area contributed by atoms with Gasteiger partial charge < -0.3 is 5.73 Å². The van der Waals surface area contributed by atoms with E-state index in [9.17, 15) is 0 Å². The van der Waals surface area contributed by atoms with Crippen LogP contribution in [0.2, 0.25) is 0 Å². The van der Waals surface area contributed by atoms with Gasteiger partial charge in [-0.1, -0.05) is 0 Å². The van der Waals surface area contributed by atoms with Crippen molar-refractivity contribution >= 4 is 5.82 Å². The smallest absolute Gasteiger partial charge is 0.146 e. The predicted molar refractivity (Wildman–Crippen MR) is 72.2 cm³/mol. The minimum atomic E-state index is 0.329. The fourth-order valence-electron chi connectivity index (χ4n) is 2.62. The minimum absolute atomic E-state index is 0.329. The number of aryl methyl sites for hydroxylation is 1. The van der Waals surface area contributed by atoms with Crippen LogP contribution in [0, 0.1) is 6.92 Å². The number of aromatic amines is 1. The van der Waals surface area contributed by atoms with Crippen molar-refractivity contribution in [2.24, 2.45) is 0 Å². The van der Waals surface area contributed by atoms with Crippen LogP contribution in [0.5, 0.6) is 0 Å². The molecule has 2 aromatic heterocycles. The second-order valence-corrected chi connectivity index (χ2v) is 5.04. The molecule has 0 aliphatic carbocycles. The van der Waals surface area contributed by atoms with Gasteiger partial charge in [-0.3, -0.25) is 10.00 Å². The predicted octanol–water partition coefficient (Wildman–Crippen LogP) is 1.43. The number of hydrogen-bond acceptors (Lipinski definition) is 5. The number of aromatic nitrogens is 4. The van der Waals surface area contributed by atoms with Crippen LogP contribution in [-0.4, -0.2) is 31.8 Å². The van der Waals surface area contributed by atoms with Crippen molar-refractivity contribution in [1.29, 1.82) is 0 Å². The van der Waals surface area contributed by atoms with Crippen molar-refractivity contribution in [3.05, 3.63) is 35.3 Å². The largest absolute Gasteiger partial charge is 0.382 e. The maximum absolute atomic E-state index is 5.59. The summed E-state index contributed by atoms with van der Waals surface area (Å²) in [6, 6.07) is 4.13. The number of nitrogen functional groups attached to an aromatic ring is 1. The molecule has 19 heavy (non-hydrogen) atoms. The monoisotopic (exact) mass is 258 g/mol. The third-order valence-electron chi connectivity index (χ3n) is 3.71. The highest BCUT2D eigenvalue weighted by Crippen LogP contribution is 2.31. The number of hydrogen-bond donors (Lipinski definition) is 2. The quantitative estimate of drug-likeness (QED) is 0.870. The summed E-state index contributed by atoms with van der Waals surface area (Å²) in [4.78, 5) is 2.42. The minimum Gasteiger partial charge on any atom is -0.382 e. The van der Waals surface area contributed by atoms with E-state index >= 15 is 0 Å². The second kappa shape index (κ2) is 4.97. The zero-order valence-electron chi connectivity index (χ0n) is 11.0. The van der Waals surface area contributed by atoms with E-state index in [1.54, 1.807) is 0 Å². The Labute approximate surface area is 112 Å². The number of H-pyrrole nitrogens is 1. The summed E-state index contributed by atoms with van der Waals surface area (Å²) in [5.74, 6) is 0.470. The van der Waals surface area contributed by atoms with Gasteiger partial charge in [-0.05, 0) is 44.0 Å². The Morgan fingerprint density at radius 2 is 2.32 bits per heavy atom. The molecule has 6 nitrogen and oxygen atoms in total. The molecule has 3 N–H and O–H groups in total. The fourth-order valence-corrected chi connectivity index (χ4v) is 2.62. The normalized spacial score (nSPS) is 19.9. The third-order valence-corrected chi connectivity index (χ3v) is 3.71. The van der Waals surface area contributed by atoms with Crippen molar-refractivity contribution in [1.82, 2.24) is 25.3 Å². The first kappa shape index (κ1) is 12.1. The lowest BCUT2D eigenvalue weighted by Crippen LogP contribution is -2.24. The highest BCUT2D eigenvalue weighted by molar-refractivity contribution is 5.27. The number of anilines is 1. The molecule has 6 heteroatoms. The molecule has 0 amide bonds. The van der Waals surface area contributed by atoms with Gasteiger partial charge >= 0.3 is 0 Å². The van der Waals surface area contributed by atoms with E-state index in [0.29, 0.717) is 11.9 Å². The van der Waals surface area contributed by atoms with Crippen molar-refractivity contribution in [2.75, 3.05) is 12.3 Å². The zero-order valence-corrected chi connectivity index (χ0v) is 11.0. The van der Waals surface area contributed by atoms with E-state index in [2.05, 4.69) is 32.2 Å². The van der Waals surface area contributed by atoms with Crippen LogP contribution in [0.15, 0.2) is 18.3 Å². The molecule has 3 heterocycles. The Bertz CT molecular complexity index is 547. The summed E-state index contributed by atoms with van der Waals surface area (Å²) in [6.07, 6.45) is 4.17. The molecule has 0 saturated carbocycles. The van der Waals surface area contributed by atoms with Crippen LogP contribution in [0.4, 0.5) is 5.82 Å². The molecule has 100 valence electrons. The molecular weight excluding hydrogens is 240 g/mol. The topological polar surface area (TPSA) is 83.7 Å². The first-order valence-corrected chi connectivity index (χ1v) is 6.56. The van der Waals surface area contributed by atoms with Crippen molar-refractivity contribution in [3.8, 4) is 0 Å². The van der Waals surface area contributed by atoms with Gasteiger partial charge in [-0.2, -0.15) is 10.2 Å². The first-order chi connectivity index (χ1) is 9.24. The van der Waals surface area contributed by atoms with Crippen LogP contribution < -0.4 is 5.73 Å². The molecule has 0 spiro atoms. The van der Waals surface area contributed by atoms with E-state index in [1.807, 2.05) is 18.3 Å². The molecule has 2 aromatic rings. The van der Waals surface area contributed by atoms with Gasteiger partial charge in [-0.25, -0.2) is 0 Å². The van der Waals surface area contributed by atoms with Crippen molar-refractivity contribution < 1.29 is 0 Å². The van der Waals surface area contributed by atoms with E-state index in [-0.39, 0.29) is 0 Å². The number of rotatable bonds is 3. The van der Waals surface area contributed by atoms with Gasteiger partial charge in [0.25, 0.3) is 0 Å². The summed E-state index contributed by atoms with van der Waals surface area (Å²) < 4.78 is 0. The molecule has 1 fully saturated rings. The maximum Gasteiger partial charge on any atom is 0.146 e. The molecule has 0 bridgehead atoms. The summed E-state index contributed by atoms with van der Waals surface area (Å²) in [5, 5.41) is 15.3. The van der Waals surface area contributed by atoms with Crippen LogP contribution in [0.1, 0.15) is 35.8 Å². The van der Waals surface area contributed by atoms with Gasteiger partial charge in [0.15, 0.2) is 0 Å². The SMILES string of the molecule is Cc1cn[nH]c1CN1CCCC1c1ccc(N)nn1. The van der Waals surface area contributed by atoms with Gasteiger partial charge in [0, 0.05) is 6.54 Å². The van der Waals surface area contributed by atoms with Crippen molar-refractivity contribution in [2.45, 2.75) is 32.4 Å². The van der Waals surface area contributed by atoms with E-state index in [0.717, 1.165) is 25.2 Å². The van der Waals surface area contributed by atoms with Crippen molar-refractivity contribution in [3.63, 3.8) is 0 Å². The van der Waals surface area contributed by atoms with Crippen LogP contribution in [0.3, 0.4) is 0 Å². The summed E-state index contributed by atoms with van der Waals surface area (Å²) in [6.45, 7) is 4.03. The van der Waals surface area contributed by atoms with E-state index < -0.39 is 0 Å². The highest BCUT2D eigenvalue weighted by Gasteiger charge is 2.27. The van der Waals surface area contributed by atoms with Gasteiger partial charge in [0.2, 0.25) is 0 Å². The molecule has 1 saturated heterocycles. The van der Waals surface area contributed by atoms with Gasteiger partial charge in [0.1, 0.15) is 5.82 Å². The molecule has 1 unspecified atom stereocenters. The van der Waals surface area contributed by atoms with Gasteiger partial charge in [-0.15, -0.1) is 5.10 Å². The highest BCUT2D eigenvalue weighted by atomic mass is 15.2. The number of nitrogens with one attached hydrogen (secondary N) is 1. The summed E-state index contributed by atoms with van der Waals surface area (Å²) >= 11 is 0. The fraction of sp³-hybridized carbons (Fsp3) is 0.462. The summed E-state index contributed by atoms with van der Waals surface area (Å²) in [7, 11) is 0. The molecular formula is C13H18N6. The first-order valence-electron chi connectivity index (χ1n) is 6.56. The van der Waals surface area contributed by atoms with Crippen LogP contribution in [0.25, 0.3) is 0 Å². The lowest BCUT2D eigenvalue weighted by molar-refractivity contribution is 0.240. The van der Waals surface area contributed by atoms with Crippen LogP contribution in [-0.2, 0) is 6.54 Å². The average molecular weight is 258 g/mol. The Kier molecular flexibility index (Phi) is 3.16. The standard InChI is InChI=1S/C13H18N6/c1-9-7-15-16-11(9)8-19-6-2-3-12(19)10-4-5-13(14)18-17-10/h4-5,7,12H,2-3,6,8H2,1H3,(H2,14,18)(H,15,16). The maximum atomic E-state index is 5.59. The molecule has 1 atom stereocenters. The summed E-state index contributed by atoms with van der Waals surface area (Å²) in [5.41, 5.74) is 8.97. The Morgan fingerprint density at radius 1 is 1.42 bits per heavy atom. The zero-order chi connectivity index (χ0) is 13.2. The third kappa shape index (κ3) is 2.44. The molecule has 1 aliphatic rings. The Morgan fingerprint density at radius 3 is 3.00 bits per heavy atom. The van der Waals surface area contributed by atoms with E-state index in [1.165, 1.54) is 17.7 Å². The van der Waals surface area contributed by atoms with Gasteiger partial charge in [0.05, 0.1) is 23.6 Å². The molecule has 1 aliphatic heterocycles. The number of nitrogens with zero attached hydrogens (tertiary/aromatic N) is 4. The number of nitrogens with two attached hydrogens (primary N) is 1. The van der Waals surface area contributed by atoms with Crippen LogP contribution >= 0.6 is 0 Å². The lowest BCUT2D eigenvalue weighted by Gasteiger charge is -2.23. The second-order valence-electron chi connectivity index (χ2n) is 5.04. The Balaban J connectivity index is 1.78. The van der Waals surface area contributed by atoms with E-state index in [4.69, 9.17) is 5.73 Å².